The van der Waals surface area contributed by atoms with Gasteiger partial charge in [0.2, 0.25) is 9.84 Å². The summed E-state index contributed by atoms with van der Waals surface area (Å²) in [7, 11) is -3.59. The van der Waals surface area contributed by atoms with Gasteiger partial charge in [0.25, 0.3) is 0 Å². The maximum absolute atomic E-state index is 12.9. The maximum atomic E-state index is 12.9. The Morgan fingerprint density at radius 1 is 1.00 bits per heavy atom. The van der Waals surface area contributed by atoms with E-state index in [-0.39, 0.29) is 5.03 Å². The van der Waals surface area contributed by atoms with E-state index in [0.717, 1.165) is 26.1 Å². The Bertz CT molecular complexity index is 930. The molecule has 0 aliphatic carbocycles. The van der Waals surface area contributed by atoms with Gasteiger partial charge in [-0.25, -0.2) is 13.4 Å². The number of aromatic nitrogens is 1. The lowest BCUT2D eigenvalue weighted by molar-refractivity contribution is 0.590. The zero-order valence-electron chi connectivity index (χ0n) is 13.4. The minimum absolute atomic E-state index is 0.176. The first kappa shape index (κ1) is 17.2. The van der Waals surface area contributed by atoms with E-state index in [1.165, 1.54) is 23.1 Å². The number of thiazole rings is 1. The van der Waals surface area contributed by atoms with Crippen molar-refractivity contribution in [1.82, 2.24) is 4.98 Å². The number of thioether (sulfide) groups is 1. The molecule has 0 bridgehead atoms. The van der Waals surface area contributed by atoms with Gasteiger partial charge in [0.05, 0.1) is 14.1 Å². The Morgan fingerprint density at radius 2 is 1.67 bits per heavy atom. The van der Waals surface area contributed by atoms with Gasteiger partial charge in [0.1, 0.15) is 0 Å². The SMILES string of the molecule is Cc1ccc(S(=O)(=O)c2nc(C)sc2SCc2ccccc2)cc1. The fourth-order valence-electron chi connectivity index (χ4n) is 2.20. The van der Waals surface area contributed by atoms with Gasteiger partial charge >= 0.3 is 0 Å². The van der Waals surface area contributed by atoms with Gasteiger partial charge in [-0.3, -0.25) is 0 Å². The van der Waals surface area contributed by atoms with Crippen LogP contribution in [0, 0.1) is 13.8 Å². The number of benzene rings is 2. The van der Waals surface area contributed by atoms with Crippen molar-refractivity contribution >= 4 is 32.9 Å². The van der Waals surface area contributed by atoms with Crippen molar-refractivity contribution in [2.45, 2.75) is 33.7 Å². The van der Waals surface area contributed by atoms with Crippen molar-refractivity contribution in [3.05, 3.63) is 70.7 Å². The van der Waals surface area contributed by atoms with Crippen LogP contribution >= 0.6 is 23.1 Å². The summed E-state index contributed by atoms with van der Waals surface area (Å²) in [6.45, 7) is 3.77. The number of aryl methyl sites for hydroxylation is 2. The second-order valence-electron chi connectivity index (χ2n) is 5.42. The van der Waals surface area contributed by atoms with Crippen LogP contribution in [0.3, 0.4) is 0 Å². The molecule has 0 radical (unpaired) electrons. The molecule has 0 unspecified atom stereocenters. The van der Waals surface area contributed by atoms with Crippen molar-refractivity contribution in [2.75, 3.05) is 0 Å². The molecule has 6 heteroatoms. The molecule has 0 saturated carbocycles. The predicted octanol–water partition coefficient (Wildman–Crippen LogP) is 4.89. The van der Waals surface area contributed by atoms with Crippen LogP contribution in [0.2, 0.25) is 0 Å². The molecule has 0 spiro atoms. The van der Waals surface area contributed by atoms with E-state index in [4.69, 9.17) is 0 Å². The largest absolute Gasteiger partial charge is 0.228 e. The molecule has 24 heavy (non-hydrogen) atoms. The minimum Gasteiger partial charge on any atom is -0.228 e. The van der Waals surface area contributed by atoms with E-state index < -0.39 is 9.84 Å². The topological polar surface area (TPSA) is 47.0 Å². The van der Waals surface area contributed by atoms with E-state index in [1.54, 1.807) is 12.1 Å². The molecule has 0 amide bonds. The molecule has 0 aliphatic heterocycles. The minimum atomic E-state index is -3.59. The summed E-state index contributed by atoms with van der Waals surface area (Å²) in [4.78, 5) is 4.59. The Labute approximate surface area is 150 Å². The molecule has 1 aromatic heterocycles. The predicted molar refractivity (Wildman–Crippen MR) is 99.5 cm³/mol. The first-order valence-corrected chi connectivity index (χ1v) is 10.7. The van der Waals surface area contributed by atoms with Crippen molar-refractivity contribution in [2.24, 2.45) is 0 Å². The zero-order chi connectivity index (χ0) is 17.2. The quantitative estimate of drug-likeness (QED) is 0.596. The van der Waals surface area contributed by atoms with Crippen LogP contribution in [0.4, 0.5) is 0 Å². The van der Waals surface area contributed by atoms with Gasteiger partial charge in [0.15, 0.2) is 5.03 Å². The fraction of sp³-hybridized carbons (Fsp3) is 0.167. The lowest BCUT2D eigenvalue weighted by Gasteiger charge is -2.05. The Morgan fingerprint density at radius 3 is 2.33 bits per heavy atom. The molecule has 0 atom stereocenters. The van der Waals surface area contributed by atoms with Crippen LogP contribution < -0.4 is 0 Å². The molecule has 0 saturated heterocycles. The van der Waals surface area contributed by atoms with Crippen molar-refractivity contribution in [1.29, 1.82) is 0 Å². The number of nitrogens with zero attached hydrogens (tertiary/aromatic N) is 1. The third kappa shape index (κ3) is 3.71. The summed E-state index contributed by atoms with van der Waals surface area (Å²) in [6, 6.07) is 16.9. The molecular weight excluding hydrogens is 358 g/mol. The molecule has 124 valence electrons. The van der Waals surface area contributed by atoms with Crippen LogP contribution in [0.1, 0.15) is 16.1 Å². The molecular formula is C18H17NO2S3. The van der Waals surface area contributed by atoms with Crippen LogP contribution in [-0.2, 0) is 15.6 Å². The first-order valence-electron chi connectivity index (χ1n) is 7.43. The number of sulfone groups is 1. The summed E-state index contributed by atoms with van der Waals surface area (Å²) < 4.78 is 26.6. The van der Waals surface area contributed by atoms with Crippen molar-refractivity contribution in [3.63, 3.8) is 0 Å². The summed E-state index contributed by atoms with van der Waals surface area (Å²) >= 11 is 2.95. The van der Waals surface area contributed by atoms with Gasteiger partial charge in [-0.15, -0.1) is 23.1 Å². The maximum Gasteiger partial charge on any atom is 0.225 e. The molecule has 1 heterocycles. The molecule has 2 aromatic carbocycles. The third-order valence-corrected chi connectivity index (χ3v) is 7.73. The van der Waals surface area contributed by atoms with Gasteiger partial charge in [0, 0.05) is 5.75 Å². The third-order valence-electron chi connectivity index (χ3n) is 3.47. The highest BCUT2D eigenvalue weighted by Gasteiger charge is 2.25. The molecule has 0 aliphatic rings. The van der Waals surface area contributed by atoms with Crippen molar-refractivity contribution < 1.29 is 8.42 Å². The van der Waals surface area contributed by atoms with Crippen LogP contribution in [-0.4, -0.2) is 13.4 Å². The van der Waals surface area contributed by atoms with Gasteiger partial charge in [-0.2, -0.15) is 0 Å². The summed E-state index contributed by atoms with van der Waals surface area (Å²) in [5.41, 5.74) is 2.19. The normalized spacial score (nSPS) is 11.6. The average molecular weight is 376 g/mol. The van der Waals surface area contributed by atoms with E-state index in [9.17, 15) is 8.42 Å². The highest BCUT2D eigenvalue weighted by atomic mass is 32.2. The monoisotopic (exact) mass is 375 g/mol. The Balaban J connectivity index is 1.92. The lowest BCUT2D eigenvalue weighted by Crippen LogP contribution is -2.04. The van der Waals surface area contributed by atoms with Crippen LogP contribution in [0.5, 0.6) is 0 Å². The number of hydrogen-bond acceptors (Lipinski definition) is 5. The average Bonchev–Trinajstić information content (AvgIpc) is 2.96. The second kappa shape index (κ2) is 7.09. The standard InChI is InChI=1S/C18H17NO2S3/c1-13-8-10-16(11-9-13)24(20,21)17-18(23-14(2)19-17)22-12-15-6-4-3-5-7-15/h3-11H,12H2,1-2H3. The highest BCUT2D eigenvalue weighted by molar-refractivity contribution is 8.01. The second-order valence-corrected chi connectivity index (χ2v) is 9.73. The van der Waals surface area contributed by atoms with Crippen molar-refractivity contribution in [3.8, 4) is 0 Å². The number of rotatable bonds is 5. The Kier molecular flexibility index (Phi) is 5.08. The first-order chi connectivity index (χ1) is 11.5. The zero-order valence-corrected chi connectivity index (χ0v) is 15.8. The molecule has 0 fully saturated rings. The molecule has 3 aromatic rings. The molecule has 3 rings (SSSR count). The van der Waals surface area contributed by atoms with Gasteiger partial charge in [-0.05, 0) is 31.5 Å². The molecule has 3 nitrogen and oxygen atoms in total. The Hall–Kier alpha value is -1.63. The fourth-order valence-corrected chi connectivity index (χ4v) is 6.39. The lowest BCUT2D eigenvalue weighted by atomic mass is 10.2. The number of hydrogen-bond donors (Lipinski definition) is 0. The summed E-state index contributed by atoms with van der Waals surface area (Å²) in [6.07, 6.45) is 0. The summed E-state index contributed by atoms with van der Waals surface area (Å²) in [5, 5.41) is 0.936. The van der Waals surface area contributed by atoms with E-state index in [2.05, 4.69) is 4.98 Å². The van der Waals surface area contributed by atoms with Gasteiger partial charge < -0.3 is 0 Å². The molecule has 0 N–H and O–H groups in total. The van der Waals surface area contributed by atoms with E-state index in [0.29, 0.717) is 4.90 Å². The van der Waals surface area contributed by atoms with Gasteiger partial charge in [-0.1, -0.05) is 48.0 Å². The highest BCUT2D eigenvalue weighted by Crippen LogP contribution is 2.36. The smallest absolute Gasteiger partial charge is 0.225 e. The van der Waals surface area contributed by atoms with Crippen LogP contribution in [0.15, 0.2) is 68.7 Å². The van der Waals surface area contributed by atoms with E-state index in [1.807, 2.05) is 56.3 Å². The van der Waals surface area contributed by atoms with Crippen LogP contribution in [0.25, 0.3) is 0 Å². The van der Waals surface area contributed by atoms with E-state index >= 15 is 0 Å². The summed E-state index contributed by atoms with van der Waals surface area (Å²) in [5.74, 6) is 0.721.